The summed E-state index contributed by atoms with van der Waals surface area (Å²) in [4.78, 5) is 3.76. The van der Waals surface area contributed by atoms with E-state index in [-0.39, 0.29) is 17.9 Å². The molecule has 0 aliphatic rings. The zero-order chi connectivity index (χ0) is 13.3. The normalized spacial score (nSPS) is 12.6. The fourth-order valence-electron chi connectivity index (χ4n) is 1.32. The van der Waals surface area contributed by atoms with Crippen LogP contribution in [-0.2, 0) is 11.6 Å². The highest BCUT2D eigenvalue weighted by molar-refractivity contribution is 5.35. The fraction of sp³-hybridized carbons (Fsp3) is 0.583. The van der Waals surface area contributed by atoms with E-state index in [9.17, 15) is 13.2 Å². The maximum absolute atomic E-state index is 12.8. The Kier molecular flexibility index (Phi) is 3.69. The predicted octanol–water partition coefficient (Wildman–Crippen LogP) is 3.80. The van der Waals surface area contributed by atoms with Crippen LogP contribution < -0.4 is 4.74 Å². The molecule has 96 valence electrons. The van der Waals surface area contributed by atoms with E-state index < -0.39 is 11.7 Å². The van der Waals surface area contributed by atoms with Crippen molar-refractivity contribution in [1.29, 1.82) is 0 Å². The van der Waals surface area contributed by atoms with Crippen LogP contribution in [0.2, 0.25) is 0 Å². The number of hydrogen-bond acceptors (Lipinski definition) is 2. The van der Waals surface area contributed by atoms with Gasteiger partial charge in [0.25, 0.3) is 0 Å². The first-order valence-corrected chi connectivity index (χ1v) is 5.36. The van der Waals surface area contributed by atoms with Gasteiger partial charge in [-0.15, -0.1) is 0 Å². The van der Waals surface area contributed by atoms with Gasteiger partial charge in [-0.1, -0.05) is 20.8 Å². The van der Waals surface area contributed by atoms with Gasteiger partial charge in [-0.2, -0.15) is 13.2 Å². The van der Waals surface area contributed by atoms with Gasteiger partial charge in [0, 0.05) is 6.20 Å². The molecule has 0 bridgehead atoms. The summed E-state index contributed by atoms with van der Waals surface area (Å²) < 4.78 is 43.4. The van der Waals surface area contributed by atoms with Crippen molar-refractivity contribution in [2.75, 3.05) is 6.61 Å². The van der Waals surface area contributed by atoms with Crippen LogP contribution in [0.5, 0.6) is 5.88 Å². The fourth-order valence-corrected chi connectivity index (χ4v) is 1.32. The summed E-state index contributed by atoms with van der Waals surface area (Å²) in [6, 6.07) is 1.11. The third kappa shape index (κ3) is 3.35. The maximum atomic E-state index is 12.8. The van der Waals surface area contributed by atoms with E-state index in [0.29, 0.717) is 5.56 Å². The Labute approximate surface area is 98.8 Å². The second-order valence-corrected chi connectivity index (χ2v) is 4.76. The lowest BCUT2D eigenvalue weighted by molar-refractivity contribution is -0.139. The largest absolute Gasteiger partial charge is 0.478 e. The number of alkyl halides is 3. The minimum Gasteiger partial charge on any atom is -0.478 e. The molecule has 0 spiro atoms. The van der Waals surface area contributed by atoms with Crippen LogP contribution in [0.3, 0.4) is 0 Å². The summed E-state index contributed by atoms with van der Waals surface area (Å²) in [6.07, 6.45) is -3.01. The zero-order valence-corrected chi connectivity index (χ0v) is 10.4. The molecule has 0 saturated heterocycles. The average molecular weight is 247 g/mol. The zero-order valence-electron chi connectivity index (χ0n) is 10.4. The molecule has 0 aliphatic carbocycles. The molecule has 0 amide bonds. The second-order valence-electron chi connectivity index (χ2n) is 4.76. The molecule has 17 heavy (non-hydrogen) atoms. The van der Waals surface area contributed by atoms with Crippen molar-refractivity contribution in [1.82, 2.24) is 4.98 Å². The first-order valence-electron chi connectivity index (χ1n) is 5.36. The van der Waals surface area contributed by atoms with Crippen molar-refractivity contribution in [3.63, 3.8) is 0 Å². The minimum absolute atomic E-state index is 0.158. The molecule has 0 N–H and O–H groups in total. The van der Waals surface area contributed by atoms with Crippen molar-refractivity contribution >= 4 is 0 Å². The van der Waals surface area contributed by atoms with Crippen molar-refractivity contribution in [2.24, 2.45) is 0 Å². The van der Waals surface area contributed by atoms with E-state index in [4.69, 9.17) is 4.74 Å². The summed E-state index contributed by atoms with van der Waals surface area (Å²) in [7, 11) is 0. The SMILES string of the molecule is CCOc1ncc(C(C)(C)C)cc1C(F)(F)F. The number of halogens is 3. The van der Waals surface area contributed by atoms with Gasteiger partial charge < -0.3 is 4.74 Å². The van der Waals surface area contributed by atoms with Crippen molar-refractivity contribution in [3.8, 4) is 5.88 Å². The number of hydrogen-bond donors (Lipinski definition) is 0. The molecule has 0 fully saturated rings. The molecule has 5 heteroatoms. The van der Waals surface area contributed by atoms with Gasteiger partial charge in [-0.05, 0) is 24.0 Å². The second kappa shape index (κ2) is 4.55. The number of pyridine rings is 1. The highest BCUT2D eigenvalue weighted by Crippen LogP contribution is 2.37. The van der Waals surface area contributed by atoms with Gasteiger partial charge in [0.2, 0.25) is 5.88 Å². The van der Waals surface area contributed by atoms with Gasteiger partial charge >= 0.3 is 6.18 Å². The lowest BCUT2D eigenvalue weighted by Crippen LogP contribution is -2.16. The molecule has 0 aromatic carbocycles. The Balaban J connectivity index is 3.30. The third-order valence-electron chi connectivity index (χ3n) is 2.30. The summed E-state index contributed by atoms with van der Waals surface area (Å²) in [5.41, 5.74) is -0.655. The number of nitrogens with zero attached hydrogens (tertiary/aromatic N) is 1. The number of rotatable bonds is 2. The molecule has 1 heterocycles. The van der Waals surface area contributed by atoms with Crippen molar-refractivity contribution in [2.45, 2.75) is 39.3 Å². The maximum Gasteiger partial charge on any atom is 0.421 e. The van der Waals surface area contributed by atoms with Crippen LogP contribution in [0, 0.1) is 0 Å². The van der Waals surface area contributed by atoms with Crippen LogP contribution in [0.4, 0.5) is 13.2 Å². The highest BCUT2D eigenvalue weighted by atomic mass is 19.4. The van der Waals surface area contributed by atoms with E-state index in [2.05, 4.69) is 4.98 Å². The molecule has 0 unspecified atom stereocenters. The first-order chi connectivity index (χ1) is 7.66. The van der Waals surface area contributed by atoms with Gasteiger partial charge in [-0.3, -0.25) is 0 Å². The molecular weight excluding hydrogens is 231 g/mol. The quantitative estimate of drug-likeness (QED) is 0.793. The van der Waals surface area contributed by atoms with Crippen LogP contribution in [-0.4, -0.2) is 11.6 Å². The van der Waals surface area contributed by atoms with E-state index in [1.165, 1.54) is 6.20 Å². The topological polar surface area (TPSA) is 22.1 Å². The Morgan fingerprint density at radius 1 is 1.24 bits per heavy atom. The minimum atomic E-state index is -4.45. The lowest BCUT2D eigenvalue weighted by Gasteiger charge is -2.21. The van der Waals surface area contributed by atoms with E-state index in [0.717, 1.165) is 6.07 Å². The monoisotopic (exact) mass is 247 g/mol. The van der Waals surface area contributed by atoms with Crippen LogP contribution >= 0.6 is 0 Å². The molecule has 2 nitrogen and oxygen atoms in total. The van der Waals surface area contributed by atoms with Crippen molar-refractivity contribution < 1.29 is 17.9 Å². The van der Waals surface area contributed by atoms with Gasteiger partial charge in [0.05, 0.1) is 6.61 Å². The third-order valence-corrected chi connectivity index (χ3v) is 2.30. The first kappa shape index (κ1) is 13.8. The summed E-state index contributed by atoms with van der Waals surface area (Å²) >= 11 is 0. The molecule has 0 radical (unpaired) electrons. The Morgan fingerprint density at radius 3 is 2.24 bits per heavy atom. The Morgan fingerprint density at radius 2 is 1.82 bits per heavy atom. The molecule has 1 aromatic rings. The standard InChI is InChI=1S/C12H16F3NO/c1-5-17-10-9(12(13,14)15)6-8(7-16-10)11(2,3)4/h6-7H,5H2,1-4H3. The van der Waals surface area contributed by atoms with Crippen molar-refractivity contribution in [3.05, 3.63) is 23.4 Å². The summed E-state index contributed by atoms with van der Waals surface area (Å²) in [6.45, 7) is 7.30. The van der Waals surface area contributed by atoms with Gasteiger partial charge in [-0.25, -0.2) is 4.98 Å². The number of ether oxygens (including phenoxy) is 1. The Hall–Kier alpha value is -1.26. The highest BCUT2D eigenvalue weighted by Gasteiger charge is 2.36. The molecule has 0 saturated carbocycles. The average Bonchev–Trinajstić information content (AvgIpc) is 2.15. The van der Waals surface area contributed by atoms with E-state index in [1.807, 2.05) is 20.8 Å². The smallest absolute Gasteiger partial charge is 0.421 e. The number of aromatic nitrogens is 1. The molecule has 1 rings (SSSR count). The van der Waals surface area contributed by atoms with Crippen LogP contribution in [0.1, 0.15) is 38.8 Å². The van der Waals surface area contributed by atoms with Crippen LogP contribution in [0.15, 0.2) is 12.3 Å². The lowest BCUT2D eigenvalue weighted by atomic mass is 9.87. The summed E-state index contributed by atoms with van der Waals surface area (Å²) in [5, 5.41) is 0. The molecular formula is C12H16F3NO. The van der Waals surface area contributed by atoms with Gasteiger partial charge in [0.15, 0.2) is 0 Å². The Bertz CT molecular complexity index is 394. The van der Waals surface area contributed by atoms with E-state index in [1.54, 1.807) is 6.92 Å². The summed E-state index contributed by atoms with van der Waals surface area (Å²) in [5.74, 6) is -0.354. The van der Waals surface area contributed by atoms with E-state index >= 15 is 0 Å². The molecule has 0 aliphatic heterocycles. The molecule has 0 atom stereocenters. The van der Waals surface area contributed by atoms with Crippen LogP contribution in [0.25, 0.3) is 0 Å². The molecule has 1 aromatic heterocycles. The predicted molar refractivity (Wildman–Crippen MR) is 59.1 cm³/mol. The van der Waals surface area contributed by atoms with Gasteiger partial charge in [0.1, 0.15) is 5.56 Å².